The Kier molecular flexibility index (Phi) is 4.12. The number of hydrogen-bond donors (Lipinski definition) is 1. The second kappa shape index (κ2) is 5.61. The SMILES string of the molecule is CCN1CCCC1CN(C)c1ccc(C)cc1N. The maximum Gasteiger partial charge on any atom is 0.0598 e. The fourth-order valence-electron chi connectivity index (χ4n) is 2.95. The molecule has 1 aliphatic rings. The summed E-state index contributed by atoms with van der Waals surface area (Å²) in [6, 6.07) is 7.00. The van der Waals surface area contributed by atoms with E-state index in [-0.39, 0.29) is 0 Å². The van der Waals surface area contributed by atoms with Crippen molar-refractivity contribution in [1.29, 1.82) is 0 Å². The van der Waals surface area contributed by atoms with Gasteiger partial charge in [-0.3, -0.25) is 4.90 Å². The molecule has 1 heterocycles. The Hall–Kier alpha value is -1.22. The number of likely N-dealkylation sites (N-methyl/N-ethyl adjacent to an activating group) is 2. The number of nitrogens with two attached hydrogens (primary N) is 1. The van der Waals surface area contributed by atoms with Gasteiger partial charge < -0.3 is 10.6 Å². The van der Waals surface area contributed by atoms with E-state index in [9.17, 15) is 0 Å². The van der Waals surface area contributed by atoms with Crippen LogP contribution in [-0.2, 0) is 0 Å². The van der Waals surface area contributed by atoms with Crippen molar-refractivity contribution >= 4 is 11.4 Å². The number of nitrogen functional groups attached to an aromatic ring is 1. The van der Waals surface area contributed by atoms with Gasteiger partial charge in [0.2, 0.25) is 0 Å². The number of aryl methyl sites for hydroxylation is 1. The standard InChI is InChI=1S/C15H25N3/c1-4-18-9-5-6-13(18)11-17(3)15-8-7-12(2)10-14(15)16/h7-8,10,13H,4-6,9,11,16H2,1-3H3. The fraction of sp³-hybridized carbons (Fsp3) is 0.600. The second-order valence-corrected chi connectivity index (χ2v) is 5.37. The Bertz CT molecular complexity index is 403. The highest BCUT2D eigenvalue weighted by molar-refractivity contribution is 5.68. The monoisotopic (exact) mass is 247 g/mol. The van der Waals surface area contributed by atoms with Crippen molar-refractivity contribution in [2.24, 2.45) is 0 Å². The molecule has 0 aliphatic carbocycles. The highest BCUT2D eigenvalue weighted by atomic mass is 15.2. The largest absolute Gasteiger partial charge is 0.397 e. The second-order valence-electron chi connectivity index (χ2n) is 5.37. The van der Waals surface area contributed by atoms with Crippen LogP contribution >= 0.6 is 0 Å². The van der Waals surface area contributed by atoms with Gasteiger partial charge in [0.15, 0.2) is 0 Å². The molecule has 1 unspecified atom stereocenters. The number of nitrogens with zero attached hydrogens (tertiary/aromatic N) is 2. The first-order valence-corrected chi connectivity index (χ1v) is 6.93. The molecule has 100 valence electrons. The number of anilines is 2. The minimum atomic E-state index is 0.681. The maximum atomic E-state index is 6.11. The molecule has 0 spiro atoms. The summed E-state index contributed by atoms with van der Waals surface area (Å²) in [6.45, 7) is 7.80. The van der Waals surface area contributed by atoms with Crippen LogP contribution in [0.3, 0.4) is 0 Å². The van der Waals surface area contributed by atoms with Crippen LogP contribution < -0.4 is 10.6 Å². The topological polar surface area (TPSA) is 32.5 Å². The fourth-order valence-corrected chi connectivity index (χ4v) is 2.95. The minimum absolute atomic E-state index is 0.681. The summed E-state index contributed by atoms with van der Waals surface area (Å²) in [5.41, 5.74) is 9.37. The molecule has 0 amide bonds. The molecule has 1 fully saturated rings. The van der Waals surface area contributed by atoms with E-state index in [1.807, 2.05) is 0 Å². The highest BCUT2D eigenvalue weighted by Gasteiger charge is 2.24. The molecule has 0 bridgehead atoms. The molecule has 1 saturated heterocycles. The van der Waals surface area contributed by atoms with Gasteiger partial charge in [-0.25, -0.2) is 0 Å². The van der Waals surface area contributed by atoms with Crippen molar-refractivity contribution in [3.8, 4) is 0 Å². The molecule has 2 N–H and O–H groups in total. The zero-order valence-electron chi connectivity index (χ0n) is 11.8. The first kappa shape index (κ1) is 13.2. The molecule has 3 heteroatoms. The van der Waals surface area contributed by atoms with E-state index in [2.05, 4.69) is 48.9 Å². The summed E-state index contributed by atoms with van der Waals surface area (Å²) in [4.78, 5) is 4.87. The van der Waals surface area contributed by atoms with E-state index in [0.29, 0.717) is 6.04 Å². The van der Waals surface area contributed by atoms with Crippen LogP contribution in [0.25, 0.3) is 0 Å². The Morgan fingerprint density at radius 2 is 2.22 bits per heavy atom. The first-order valence-electron chi connectivity index (χ1n) is 6.93. The lowest BCUT2D eigenvalue weighted by Crippen LogP contribution is -2.38. The lowest BCUT2D eigenvalue weighted by molar-refractivity contribution is 0.270. The van der Waals surface area contributed by atoms with E-state index in [1.165, 1.54) is 24.9 Å². The lowest BCUT2D eigenvalue weighted by atomic mass is 10.1. The van der Waals surface area contributed by atoms with E-state index in [1.54, 1.807) is 0 Å². The number of benzene rings is 1. The van der Waals surface area contributed by atoms with Crippen LogP contribution in [0.1, 0.15) is 25.3 Å². The Morgan fingerprint density at radius 3 is 2.89 bits per heavy atom. The zero-order chi connectivity index (χ0) is 13.1. The van der Waals surface area contributed by atoms with Crippen molar-refractivity contribution in [1.82, 2.24) is 4.90 Å². The maximum absolute atomic E-state index is 6.11. The third-order valence-electron chi connectivity index (χ3n) is 3.98. The van der Waals surface area contributed by atoms with Gasteiger partial charge in [0.05, 0.1) is 11.4 Å². The molecular formula is C15H25N3. The summed E-state index contributed by atoms with van der Waals surface area (Å²) >= 11 is 0. The molecular weight excluding hydrogens is 222 g/mol. The van der Waals surface area contributed by atoms with Crippen LogP contribution in [-0.4, -0.2) is 37.6 Å². The van der Waals surface area contributed by atoms with Gasteiger partial charge in [-0.15, -0.1) is 0 Å². The Balaban J connectivity index is 2.05. The van der Waals surface area contributed by atoms with Gasteiger partial charge in [0.25, 0.3) is 0 Å². The number of rotatable bonds is 4. The summed E-state index contributed by atoms with van der Waals surface area (Å²) in [7, 11) is 2.15. The summed E-state index contributed by atoms with van der Waals surface area (Å²) in [6.07, 6.45) is 2.64. The van der Waals surface area contributed by atoms with Crippen molar-refractivity contribution in [3.05, 3.63) is 23.8 Å². The van der Waals surface area contributed by atoms with Crippen LogP contribution in [0.4, 0.5) is 11.4 Å². The molecule has 1 aromatic carbocycles. The third kappa shape index (κ3) is 2.78. The minimum Gasteiger partial charge on any atom is -0.397 e. The van der Waals surface area contributed by atoms with Crippen LogP contribution in [0.2, 0.25) is 0 Å². The van der Waals surface area contributed by atoms with Crippen molar-refractivity contribution in [3.63, 3.8) is 0 Å². The van der Waals surface area contributed by atoms with Gasteiger partial charge in [-0.1, -0.05) is 13.0 Å². The van der Waals surface area contributed by atoms with Gasteiger partial charge >= 0.3 is 0 Å². The quantitative estimate of drug-likeness (QED) is 0.830. The van der Waals surface area contributed by atoms with E-state index in [0.717, 1.165) is 24.5 Å². The lowest BCUT2D eigenvalue weighted by Gasteiger charge is -2.29. The van der Waals surface area contributed by atoms with Gasteiger partial charge in [-0.05, 0) is 50.6 Å². The third-order valence-corrected chi connectivity index (χ3v) is 3.98. The smallest absolute Gasteiger partial charge is 0.0598 e. The van der Waals surface area contributed by atoms with E-state index in [4.69, 9.17) is 5.73 Å². The van der Waals surface area contributed by atoms with Gasteiger partial charge in [0, 0.05) is 19.6 Å². The highest BCUT2D eigenvalue weighted by Crippen LogP contribution is 2.25. The van der Waals surface area contributed by atoms with Crippen molar-refractivity contribution < 1.29 is 0 Å². The number of hydrogen-bond acceptors (Lipinski definition) is 3. The molecule has 3 nitrogen and oxygen atoms in total. The Labute approximate surface area is 111 Å². The average molecular weight is 247 g/mol. The summed E-state index contributed by atoms with van der Waals surface area (Å²) in [5.74, 6) is 0. The first-order chi connectivity index (χ1) is 8.61. The molecule has 0 saturated carbocycles. The van der Waals surface area contributed by atoms with Crippen LogP contribution in [0.5, 0.6) is 0 Å². The zero-order valence-corrected chi connectivity index (χ0v) is 11.8. The molecule has 18 heavy (non-hydrogen) atoms. The molecule has 1 aliphatic heterocycles. The van der Waals surface area contributed by atoms with Gasteiger partial charge in [0.1, 0.15) is 0 Å². The molecule has 0 aromatic heterocycles. The molecule has 1 atom stereocenters. The van der Waals surface area contributed by atoms with Gasteiger partial charge in [-0.2, -0.15) is 0 Å². The molecule has 1 aromatic rings. The predicted molar refractivity (Wildman–Crippen MR) is 79.1 cm³/mol. The summed E-state index contributed by atoms with van der Waals surface area (Å²) < 4.78 is 0. The normalized spacial score (nSPS) is 20.3. The predicted octanol–water partition coefficient (Wildman–Crippen LogP) is 2.50. The van der Waals surface area contributed by atoms with E-state index >= 15 is 0 Å². The number of likely N-dealkylation sites (tertiary alicyclic amines) is 1. The van der Waals surface area contributed by atoms with Crippen molar-refractivity contribution in [2.75, 3.05) is 37.3 Å². The van der Waals surface area contributed by atoms with Crippen LogP contribution in [0, 0.1) is 6.92 Å². The average Bonchev–Trinajstić information content (AvgIpc) is 2.76. The molecule has 2 rings (SSSR count). The van der Waals surface area contributed by atoms with Crippen molar-refractivity contribution in [2.45, 2.75) is 32.7 Å². The Morgan fingerprint density at radius 1 is 1.44 bits per heavy atom. The van der Waals surface area contributed by atoms with E-state index < -0.39 is 0 Å². The molecule has 0 radical (unpaired) electrons. The van der Waals surface area contributed by atoms with Crippen LogP contribution in [0.15, 0.2) is 18.2 Å². The summed E-state index contributed by atoms with van der Waals surface area (Å²) in [5, 5.41) is 0.